The first-order valence-corrected chi connectivity index (χ1v) is 7.75. The van der Waals surface area contributed by atoms with E-state index in [-0.39, 0.29) is 18.0 Å². The Morgan fingerprint density at radius 1 is 1.25 bits per heavy atom. The van der Waals surface area contributed by atoms with E-state index in [9.17, 15) is 14.0 Å². The summed E-state index contributed by atoms with van der Waals surface area (Å²) in [6.45, 7) is 0.335. The molecule has 1 aromatic heterocycles. The lowest BCUT2D eigenvalue weighted by Gasteiger charge is -2.07. The highest BCUT2D eigenvalue weighted by Gasteiger charge is 2.10. The van der Waals surface area contributed by atoms with Crippen LogP contribution in [-0.2, 0) is 11.3 Å². The largest absolute Gasteiger partial charge is 0.419 e. The lowest BCUT2D eigenvalue weighted by atomic mass is 10.2. The second-order valence-electron chi connectivity index (χ2n) is 5.26. The van der Waals surface area contributed by atoms with Gasteiger partial charge in [-0.25, -0.2) is 9.18 Å². The van der Waals surface area contributed by atoms with E-state index in [1.54, 1.807) is 18.2 Å². The highest BCUT2D eigenvalue weighted by Crippen LogP contribution is 2.20. The minimum absolute atomic E-state index is 0.0402. The van der Waals surface area contributed by atoms with Crippen molar-refractivity contribution >= 4 is 34.3 Å². The maximum absolute atomic E-state index is 13.6. The van der Waals surface area contributed by atoms with Gasteiger partial charge in [-0.15, -0.1) is 0 Å². The molecule has 3 rings (SSSR count). The number of oxazole rings is 1. The Labute approximate surface area is 141 Å². The Balaban J connectivity index is 1.61. The molecule has 1 N–H and O–H groups in total. The first kappa shape index (κ1) is 16.3. The van der Waals surface area contributed by atoms with Crippen molar-refractivity contribution in [2.45, 2.75) is 19.4 Å². The van der Waals surface area contributed by atoms with Gasteiger partial charge in [0.1, 0.15) is 5.82 Å². The molecule has 1 amide bonds. The lowest BCUT2D eigenvalue weighted by Crippen LogP contribution is -2.17. The van der Waals surface area contributed by atoms with E-state index in [1.165, 1.54) is 22.8 Å². The summed E-state index contributed by atoms with van der Waals surface area (Å²) in [4.78, 5) is 23.7. The minimum Gasteiger partial charge on any atom is -0.408 e. The molecule has 124 valence electrons. The molecule has 0 spiro atoms. The van der Waals surface area contributed by atoms with Crippen LogP contribution in [0.15, 0.2) is 51.7 Å². The molecule has 0 bridgehead atoms. The van der Waals surface area contributed by atoms with E-state index >= 15 is 0 Å². The van der Waals surface area contributed by atoms with Crippen LogP contribution < -0.4 is 11.1 Å². The summed E-state index contributed by atoms with van der Waals surface area (Å²) in [6, 6.07) is 11.0. The van der Waals surface area contributed by atoms with Crippen molar-refractivity contribution in [2.75, 3.05) is 5.32 Å². The maximum Gasteiger partial charge on any atom is 0.419 e. The summed E-state index contributed by atoms with van der Waals surface area (Å²) in [6.07, 6.45) is 0.551. The van der Waals surface area contributed by atoms with Crippen molar-refractivity contribution in [3.63, 3.8) is 0 Å². The van der Waals surface area contributed by atoms with Crippen LogP contribution in [-0.4, -0.2) is 10.5 Å². The summed E-state index contributed by atoms with van der Waals surface area (Å²) < 4.78 is 20.2. The zero-order chi connectivity index (χ0) is 17.1. The normalized spacial score (nSPS) is 10.9. The van der Waals surface area contributed by atoms with Crippen molar-refractivity contribution in [3.05, 3.63) is 63.9 Å². The van der Waals surface area contributed by atoms with Crippen molar-refractivity contribution in [2.24, 2.45) is 0 Å². The van der Waals surface area contributed by atoms with E-state index in [4.69, 9.17) is 16.0 Å². The first-order chi connectivity index (χ1) is 11.5. The summed E-state index contributed by atoms with van der Waals surface area (Å²) >= 11 is 5.78. The van der Waals surface area contributed by atoms with Gasteiger partial charge in [-0.3, -0.25) is 9.36 Å². The molecule has 5 nitrogen and oxygen atoms in total. The van der Waals surface area contributed by atoms with Gasteiger partial charge in [-0.1, -0.05) is 23.7 Å². The highest BCUT2D eigenvalue weighted by atomic mass is 35.5. The van der Waals surface area contributed by atoms with Crippen molar-refractivity contribution in [1.82, 2.24) is 4.57 Å². The minimum atomic E-state index is -0.551. The highest BCUT2D eigenvalue weighted by molar-refractivity contribution is 6.30. The van der Waals surface area contributed by atoms with Crippen LogP contribution in [0.25, 0.3) is 11.1 Å². The Bertz CT molecular complexity index is 948. The number of carbonyl (C=O) groups is 1. The van der Waals surface area contributed by atoms with Crippen LogP contribution in [0.1, 0.15) is 12.8 Å². The quantitative estimate of drug-likeness (QED) is 0.762. The predicted octanol–water partition coefficient (Wildman–Crippen LogP) is 3.81. The van der Waals surface area contributed by atoms with E-state index in [2.05, 4.69) is 5.32 Å². The van der Waals surface area contributed by atoms with Crippen molar-refractivity contribution in [1.29, 1.82) is 0 Å². The summed E-state index contributed by atoms with van der Waals surface area (Å²) in [5, 5.41) is 2.81. The summed E-state index contributed by atoms with van der Waals surface area (Å²) in [5.74, 6) is -1.36. The standard InChI is InChI=1S/C17H14ClFN2O3/c18-11-7-8-12(19)13(10-11)20-16(22)6-3-9-21-14-4-1-2-5-15(14)24-17(21)23/h1-2,4-5,7-8,10H,3,6,9H2,(H,20,22). The van der Waals surface area contributed by atoms with Gasteiger partial charge in [0.2, 0.25) is 5.91 Å². The van der Waals surface area contributed by atoms with Gasteiger partial charge in [0.25, 0.3) is 0 Å². The molecule has 0 aliphatic heterocycles. The van der Waals surface area contributed by atoms with Crippen LogP contribution in [0.3, 0.4) is 0 Å². The van der Waals surface area contributed by atoms with Gasteiger partial charge in [0.05, 0.1) is 11.2 Å². The molecule has 0 saturated carbocycles. The number of fused-ring (bicyclic) bond motifs is 1. The van der Waals surface area contributed by atoms with Crippen LogP contribution in [0.5, 0.6) is 0 Å². The van der Waals surface area contributed by atoms with Crippen LogP contribution in [0.4, 0.5) is 10.1 Å². The van der Waals surface area contributed by atoms with E-state index < -0.39 is 11.6 Å². The second-order valence-corrected chi connectivity index (χ2v) is 5.70. The summed E-state index contributed by atoms with van der Waals surface area (Å²) in [7, 11) is 0. The van der Waals surface area contributed by atoms with Gasteiger partial charge in [-0.05, 0) is 36.8 Å². The number of carbonyl (C=O) groups excluding carboxylic acids is 1. The van der Waals surface area contributed by atoms with Crippen molar-refractivity contribution in [3.8, 4) is 0 Å². The molecule has 0 radical (unpaired) electrons. The van der Waals surface area contributed by atoms with Gasteiger partial charge in [-0.2, -0.15) is 0 Å². The van der Waals surface area contributed by atoms with Crippen LogP contribution >= 0.6 is 11.6 Å². The number of nitrogens with zero attached hydrogens (tertiary/aromatic N) is 1. The van der Waals surface area contributed by atoms with E-state index in [0.717, 1.165) is 0 Å². The predicted molar refractivity (Wildman–Crippen MR) is 89.7 cm³/mol. The molecule has 0 atom stereocenters. The maximum atomic E-state index is 13.6. The monoisotopic (exact) mass is 348 g/mol. The molecule has 0 saturated heterocycles. The number of aryl methyl sites for hydroxylation is 1. The average molecular weight is 349 g/mol. The fourth-order valence-corrected chi connectivity index (χ4v) is 2.60. The number of nitrogens with one attached hydrogen (secondary N) is 1. The molecular formula is C17H14ClFN2O3. The third-order valence-corrected chi connectivity index (χ3v) is 3.80. The molecule has 0 unspecified atom stereocenters. The second kappa shape index (κ2) is 6.88. The topological polar surface area (TPSA) is 64.2 Å². The Morgan fingerprint density at radius 2 is 2.04 bits per heavy atom. The Morgan fingerprint density at radius 3 is 2.88 bits per heavy atom. The number of anilines is 1. The molecule has 0 fully saturated rings. The zero-order valence-electron chi connectivity index (χ0n) is 12.6. The number of aromatic nitrogens is 1. The number of hydrogen-bond acceptors (Lipinski definition) is 3. The number of para-hydroxylation sites is 2. The molecule has 3 aromatic rings. The smallest absolute Gasteiger partial charge is 0.408 e. The Hall–Kier alpha value is -2.60. The van der Waals surface area contributed by atoms with E-state index in [1.807, 2.05) is 6.07 Å². The van der Waals surface area contributed by atoms with Crippen LogP contribution in [0, 0.1) is 5.82 Å². The third-order valence-electron chi connectivity index (χ3n) is 3.56. The van der Waals surface area contributed by atoms with Crippen LogP contribution in [0.2, 0.25) is 5.02 Å². The van der Waals surface area contributed by atoms with Gasteiger partial charge in [0.15, 0.2) is 5.58 Å². The molecule has 2 aromatic carbocycles. The van der Waals surface area contributed by atoms with Gasteiger partial charge >= 0.3 is 5.76 Å². The number of halogens is 2. The van der Waals surface area contributed by atoms with Gasteiger partial charge < -0.3 is 9.73 Å². The first-order valence-electron chi connectivity index (χ1n) is 7.38. The summed E-state index contributed by atoms with van der Waals surface area (Å²) in [5.41, 5.74) is 1.23. The van der Waals surface area contributed by atoms with E-state index in [0.29, 0.717) is 29.1 Å². The molecule has 24 heavy (non-hydrogen) atoms. The number of rotatable bonds is 5. The van der Waals surface area contributed by atoms with Gasteiger partial charge in [0, 0.05) is 18.0 Å². The average Bonchev–Trinajstić information content (AvgIpc) is 2.87. The Kier molecular flexibility index (Phi) is 4.66. The zero-order valence-corrected chi connectivity index (χ0v) is 13.3. The molecular weight excluding hydrogens is 335 g/mol. The number of hydrogen-bond donors (Lipinski definition) is 1. The fourth-order valence-electron chi connectivity index (χ4n) is 2.43. The lowest BCUT2D eigenvalue weighted by molar-refractivity contribution is -0.116. The molecule has 0 aliphatic rings. The molecule has 7 heteroatoms. The number of benzene rings is 2. The SMILES string of the molecule is O=C(CCCn1c(=O)oc2ccccc21)Nc1cc(Cl)ccc1F. The fraction of sp³-hybridized carbons (Fsp3) is 0.176. The number of amides is 1. The molecule has 0 aliphatic carbocycles. The molecule has 1 heterocycles. The van der Waals surface area contributed by atoms with Crippen molar-refractivity contribution < 1.29 is 13.6 Å². The third kappa shape index (κ3) is 3.49.